The molecule has 2 aromatic carbocycles. The highest BCUT2D eigenvalue weighted by atomic mass is 16.5. The highest BCUT2D eigenvalue weighted by molar-refractivity contribution is 5.92. The Morgan fingerprint density at radius 2 is 1.85 bits per heavy atom. The predicted octanol–water partition coefficient (Wildman–Crippen LogP) is 6.59. The second kappa shape index (κ2) is 13.7. The normalized spacial score (nSPS) is 20.0. The Morgan fingerprint density at radius 1 is 1.06 bits per heavy atom. The monoisotopic (exact) mass is 640 g/mol. The fourth-order valence-electron chi connectivity index (χ4n) is 6.58. The topological polar surface area (TPSA) is 104 Å². The molecule has 1 unspecified atom stereocenters. The van der Waals surface area contributed by atoms with Crippen LogP contribution in [0.2, 0.25) is 0 Å². The number of esters is 2. The average Bonchev–Trinajstić information content (AvgIpc) is 3.48. The highest BCUT2D eigenvalue weighted by Crippen LogP contribution is 2.37. The van der Waals surface area contributed by atoms with Crippen LogP contribution in [0.1, 0.15) is 74.5 Å². The first-order valence-corrected chi connectivity index (χ1v) is 16.6. The van der Waals surface area contributed by atoms with Crippen molar-refractivity contribution in [3.05, 3.63) is 65.4 Å². The first kappa shape index (κ1) is 32.5. The summed E-state index contributed by atoms with van der Waals surface area (Å²) in [5.41, 5.74) is 5.83. The molecule has 5 heterocycles. The second-order valence-corrected chi connectivity index (χ2v) is 12.8. The molecule has 1 saturated heterocycles. The Balaban J connectivity index is 1.50. The number of nitrogens with zero attached hydrogens (tertiary/aromatic N) is 4. The third kappa shape index (κ3) is 6.98. The molecule has 1 fully saturated rings. The molecule has 10 heteroatoms. The summed E-state index contributed by atoms with van der Waals surface area (Å²) in [7, 11) is 1.38. The van der Waals surface area contributed by atoms with Crippen molar-refractivity contribution in [2.45, 2.75) is 77.9 Å². The maximum absolute atomic E-state index is 12.8. The van der Waals surface area contributed by atoms with Gasteiger partial charge >= 0.3 is 11.9 Å². The lowest BCUT2D eigenvalue weighted by atomic mass is 9.92. The Labute approximate surface area is 276 Å². The molecule has 47 heavy (non-hydrogen) atoms. The molecule has 0 radical (unpaired) electrons. The van der Waals surface area contributed by atoms with E-state index in [0.29, 0.717) is 30.2 Å². The van der Waals surface area contributed by atoms with Crippen LogP contribution in [0.4, 0.5) is 5.82 Å². The van der Waals surface area contributed by atoms with Gasteiger partial charge in [0.25, 0.3) is 0 Å². The van der Waals surface area contributed by atoms with E-state index in [1.54, 1.807) is 6.07 Å². The lowest BCUT2D eigenvalue weighted by Crippen LogP contribution is -2.45. The molecule has 0 spiro atoms. The van der Waals surface area contributed by atoms with Gasteiger partial charge in [0, 0.05) is 48.1 Å². The van der Waals surface area contributed by atoms with E-state index in [9.17, 15) is 9.59 Å². The standard InChI is InChI=1S/C37H44N4O6/c1-6-45-34(42)22-29-25(3)38-33-23-31-27-12-9-11-26(20-27)30-21-28(36(43)44-5)13-14-32(30)47-24(2)10-7-8-19-46-37(4)15-17-40(18-16-37)35(29)41(33)39-31/h9,11-14,20-21,23-24H,6-8,10,15-19,22H2,1-5H3. The summed E-state index contributed by atoms with van der Waals surface area (Å²) in [4.78, 5) is 32.5. The number of hydrogen-bond donors (Lipinski definition) is 0. The Kier molecular flexibility index (Phi) is 9.50. The summed E-state index contributed by atoms with van der Waals surface area (Å²) in [5, 5.41) is 5.10. The summed E-state index contributed by atoms with van der Waals surface area (Å²) in [5.74, 6) is 0.874. The number of carbonyl (C=O) groups excluding carboxylic acids is 2. The molecule has 10 nitrogen and oxygen atoms in total. The molecule has 3 aliphatic rings. The van der Waals surface area contributed by atoms with E-state index in [2.05, 4.69) is 24.8 Å². The van der Waals surface area contributed by atoms with E-state index >= 15 is 0 Å². The predicted molar refractivity (Wildman–Crippen MR) is 180 cm³/mol. The minimum atomic E-state index is -0.408. The van der Waals surface area contributed by atoms with Crippen LogP contribution < -0.4 is 9.64 Å². The maximum Gasteiger partial charge on any atom is 0.337 e. The minimum Gasteiger partial charge on any atom is -0.490 e. The highest BCUT2D eigenvalue weighted by Gasteiger charge is 2.34. The molecule has 0 amide bonds. The van der Waals surface area contributed by atoms with Gasteiger partial charge in [0.05, 0.1) is 43.1 Å². The van der Waals surface area contributed by atoms with Crippen molar-refractivity contribution in [3.63, 3.8) is 0 Å². The van der Waals surface area contributed by atoms with Crippen LogP contribution in [-0.2, 0) is 25.4 Å². The van der Waals surface area contributed by atoms with E-state index in [1.165, 1.54) is 7.11 Å². The Hall–Kier alpha value is -4.44. The molecule has 4 aromatic rings. The number of carbonyl (C=O) groups is 2. The van der Waals surface area contributed by atoms with Crippen LogP contribution in [0.15, 0.2) is 48.5 Å². The smallest absolute Gasteiger partial charge is 0.337 e. The second-order valence-electron chi connectivity index (χ2n) is 12.8. The summed E-state index contributed by atoms with van der Waals surface area (Å²) in [6, 6.07) is 15.5. The van der Waals surface area contributed by atoms with Crippen molar-refractivity contribution < 1.29 is 28.5 Å². The van der Waals surface area contributed by atoms with Gasteiger partial charge in [0.15, 0.2) is 5.65 Å². The van der Waals surface area contributed by atoms with Crippen LogP contribution in [-0.4, -0.2) is 71.7 Å². The molecule has 3 aliphatic heterocycles. The maximum atomic E-state index is 12.8. The molecule has 2 aromatic heterocycles. The van der Waals surface area contributed by atoms with Crippen molar-refractivity contribution in [1.29, 1.82) is 0 Å². The number of anilines is 1. The quantitative estimate of drug-likeness (QED) is 0.229. The summed E-state index contributed by atoms with van der Waals surface area (Å²) in [6.45, 7) is 10.6. The van der Waals surface area contributed by atoms with Gasteiger partial charge in [-0.1, -0.05) is 18.2 Å². The Bertz CT molecular complexity index is 1770. The van der Waals surface area contributed by atoms with Gasteiger partial charge in [-0.15, -0.1) is 0 Å². The number of aromatic nitrogens is 3. The molecular formula is C37H44N4O6. The summed E-state index contributed by atoms with van der Waals surface area (Å²) >= 11 is 0. The zero-order valence-corrected chi connectivity index (χ0v) is 28.0. The number of benzene rings is 2. The number of fused-ring (bicyclic) bond motifs is 8. The molecule has 0 aliphatic carbocycles. The number of piperidine rings is 1. The fourth-order valence-corrected chi connectivity index (χ4v) is 6.58. The summed E-state index contributed by atoms with van der Waals surface area (Å²) < 4.78 is 25.2. The first-order chi connectivity index (χ1) is 22.7. The van der Waals surface area contributed by atoms with Gasteiger partial charge in [-0.25, -0.2) is 9.78 Å². The number of methoxy groups -OCH3 is 1. The van der Waals surface area contributed by atoms with Gasteiger partial charge < -0.3 is 23.8 Å². The van der Waals surface area contributed by atoms with Gasteiger partial charge in [-0.05, 0) is 89.6 Å². The first-order valence-electron chi connectivity index (χ1n) is 16.6. The van der Waals surface area contributed by atoms with Gasteiger partial charge in [-0.2, -0.15) is 9.61 Å². The van der Waals surface area contributed by atoms with Gasteiger partial charge in [-0.3, -0.25) is 4.79 Å². The van der Waals surface area contributed by atoms with Crippen molar-refractivity contribution in [1.82, 2.24) is 14.6 Å². The number of ether oxygens (including phenoxy) is 4. The van der Waals surface area contributed by atoms with E-state index < -0.39 is 5.97 Å². The largest absolute Gasteiger partial charge is 0.490 e. The molecular weight excluding hydrogens is 596 g/mol. The van der Waals surface area contributed by atoms with E-state index in [4.69, 9.17) is 29.0 Å². The van der Waals surface area contributed by atoms with Crippen LogP contribution in [0.5, 0.6) is 5.75 Å². The van der Waals surface area contributed by atoms with Crippen molar-refractivity contribution >= 4 is 23.4 Å². The third-order valence-electron chi connectivity index (χ3n) is 9.28. The van der Waals surface area contributed by atoms with Crippen molar-refractivity contribution in [3.8, 4) is 28.1 Å². The average molecular weight is 641 g/mol. The molecule has 6 bridgehead atoms. The van der Waals surface area contributed by atoms with Crippen LogP contribution in [0, 0.1) is 6.92 Å². The third-order valence-corrected chi connectivity index (χ3v) is 9.28. The van der Waals surface area contributed by atoms with Crippen LogP contribution >= 0.6 is 0 Å². The fraction of sp³-hybridized carbons (Fsp3) is 0.459. The molecule has 0 N–H and O–H groups in total. The molecule has 248 valence electrons. The van der Waals surface area contributed by atoms with Crippen LogP contribution in [0.3, 0.4) is 0 Å². The number of rotatable bonds is 4. The molecule has 7 rings (SSSR count). The van der Waals surface area contributed by atoms with E-state index in [0.717, 1.165) is 84.7 Å². The Morgan fingerprint density at radius 3 is 2.62 bits per heavy atom. The van der Waals surface area contributed by atoms with Crippen molar-refractivity contribution in [2.75, 3.05) is 38.3 Å². The van der Waals surface area contributed by atoms with Crippen molar-refractivity contribution in [2.24, 2.45) is 0 Å². The lowest BCUT2D eigenvalue weighted by molar-refractivity contribution is -0.142. The van der Waals surface area contributed by atoms with Gasteiger partial charge in [0.2, 0.25) is 0 Å². The zero-order chi connectivity index (χ0) is 33.1. The number of hydrogen-bond acceptors (Lipinski definition) is 9. The van der Waals surface area contributed by atoms with E-state index in [1.807, 2.05) is 54.8 Å². The van der Waals surface area contributed by atoms with E-state index in [-0.39, 0.29) is 24.1 Å². The molecule has 1 atom stereocenters. The van der Waals surface area contributed by atoms with Crippen LogP contribution in [0.25, 0.3) is 28.0 Å². The molecule has 0 saturated carbocycles. The SMILES string of the molecule is CCOC(=O)Cc1c(C)nc2cc3nn2c1N1CCC(C)(CC1)OCCCCC(C)Oc1ccc(C(=O)OC)cc1-c1cccc-3c1. The van der Waals surface area contributed by atoms with Gasteiger partial charge in [0.1, 0.15) is 11.6 Å². The minimum absolute atomic E-state index is 0.0275. The zero-order valence-electron chi connectivity index (χ0n) is 28.0. The number of aryl methyl sites for hydroxylation is 1. The lowest BCUT2D eigenvalue weighted by Gasteiger charge is -2.41. The summed E-state index contributed by atoms with van der Waals surface area (Å²) in [6.07, 6.45) is 4.59.